The summed E-state index contributed by atoms with van der Waals surface area (Å²) in [5, 5.41) is 0.585. The van der Waals surface area contributed by atoms with Crippen molar-refractivity contribution in [3.63, 3.8) is 0 Å². The molecule has 0 spiro atoms. The first-order valence-electron chi connectivity index (χ1n) is 14.6. The van der Waals surface area contributed by atoms with Gasteiger partial charge in [0.05, 0.1) is 41.4 Å². The van der Waals surface area contributed by atoms with Crippen LogP contribution >= 0.6 is 15.9 Å². The van der Waals surface area contributed by atoms with Gasteiger partial charge < -0.3 is 9.47 Å². The van der Waals surface area contributed by atoms with E-state index in [1.165, 1.54) is 4.90 Å². The molecule has 3 aromatic carbocycles. The molecule has 9 heteroatoms. The Kier molecular flexibility index (Phi) is 8.07. The number of carbonyl (C=O) groups is 4. The number of benzene rings is 3. The molecule has 1 saturated heterocycles. The Morgan fingerprint density at radius 1 is 0.932 bits per heavy atom. The molecule has 8 nitrogen and oxygen atoms in total. The summed E-state index contributed by atoms with van der Waals surface area (Å²) in [6.45, 7) is 3.45. The van der Waals surface area contributed by atoms with Crippen molar-refractivity contribution in [1.82, 2.24) is 4.98 Å². The van der Waals surface area contributed by atoms with Crippen LogP contribution in [-0.2, 0) is 14.3 Å². The fourth-order valence-electron chi connectivity index (χ4n) is 6.24. The number of hydrogen-bond acceptors (Lipinski definition) is 7. The van der Waals surface area contributed by atoms with Gasteiger partial charge >= 0.3 is 5.97 Å². The zero-order chi connectivity index (χ0) is 31.1. The summed E-state index contributed by atoms with van der Waals surface area (Å²) < 4.78 is 11.6. The third-order valence-corrected chi connectivity index (χ3v) is 9.04. The van der Waals surface area contributed by atoms with Crippen LogP contribution in [0.1, 0.15) is 58.9 Å². The first-order valence-corrected chi connectivity index (χ1v) is 15.4. The number of aryl methyl sites for hydroxylation is 1. The lowest BCUT2D eigenvalue weighted by atomic mass is 9.81. The molecule has 0 N–H and O–H groups in total. The first kappa shape index (κ1) is 29.7. The summed E-state index contributed by atoms with van der Waals surface area (Å²) in [4.78, 5) is 59.1. The third-order valence-electron chi connectivity index (χ3n) is 8.58. The van der Waals surface area contributed by atoms with E-state index in [0.717, 1.165) is 35.7 Å². The third kappa shape index (κ3) is 5.41. The van der Waals surface area contributed by atoms with Gasteiger partial charge in [0.1, 0.15) is 5.75 Å². The number of anilines is 1. The minimum absolute atomic E-state index is 0.124. The van der Waals surface area contributed by atoms with Crippen LogP contribution in [-0.4, -0.2) is 41.8 Å². The second-order valence-corrected chi connectivity index (χ2v) is 12.3. The average Bonchev–Trinajstić information content (AvgIpc) is 3.29. The minimum atomic E-state index is -1.03. The Balaban J connectivity index is 1.31. The molecule has 224 valence electrons. The van der Waals surface area contributed by atoms with Crippen molar-refractivity contribution >= 4 is 56.1 Å². The van der Waals surface area contributed by atoms with Crippen LogP contribution in [0.3, 0.4) is 0 Å². The standard InChI is InChI=1S/C35H31BrN2O6/c1-19-16-23(36)17-28-29(35(42)44-20(2)32(39)22-10-14-25(43-3)15-11-22)18-30(37-31(19)28)21-8-12-24(13-9-21)38-33(40)26-6-4-5-7-27(26)34(38)41/h8-18,20,26-27H,4-7H2,1-3H3. The van der Waals surface area contributed by atoms with Crippen molar-refractivity contribution in [2.24, 2.45) is 11.8 Å². The normalized spacial score (nSPS) is 18.7. The number of rotatable bonds is 7. The SMILES string of the molecule is COc1ccc(C(=O)C(C)OC(=O)c2cc(-c3ccc(N4C(=O)C5CCCCC5C4=O)cc3)nc3c(C)cc(Br)cc23)cc1. The zero-order valence-electron chi connectivity index (χ0n) is 24.6. The number of imide groups is 1. The lowest BCUT2D eigenvalue weighted by Crippen LogP contribution is -2.30. The molecule has 1 saturated carbocycles. The number of pyridine rings is 1. The van der Waals surface area contributed by atoms with Gasteiger partial charge in [-0.1, -0.05) is 40.9 Å². The van der Waals surface area contributed by atoms with Gasteiger partial charge in [0.2, 0.25) is 17.6 Å². The van der Waals surface area contributed by atoms with Crippen molar-refractivity contribution in [2.45, 2.75) is 45.6 Å². The Morgan fingerprint density at radius 3 is 2.18 bits per heavy atom. The van der Waals surface area contributed by atoms with E-state index in [2.05, 4.69) is 15.9 Å². The molecule has 3 unspecified atom stereocenters. The maximum atomic E-state index is 13.6. The number of ether oxygens (including phenoxy) is 2. The average molecular weight is 656 g/mol. The van der Waals surface area contributed by atoms with Crippen molar-refractivity contribution in [3.8, 4) is 17.0 Å². The van der Waals surface area contributed by atoms with Crippen LogP contribution in [0.2, 0.25) is 0 Å². The van der Waals surface area contributed by atoms with Crippen LogP contribution in [0, 0.1) is 18.8 Å². The largest absolute Gasteiger partial charge is 0.497 e. The molecule has 1 aliphatic heterocycles. The highest BCUT2D eigenvalue weighted by Crippen LogP contribution is 2.40. The molecule has 2 aliphatic rings. The Bertz CT molecular complexity index is 1780. The van der Waals surface area contributed by atoms with Crippen LogP contribution in [0.15, 0.2) is 71.2 Å². The molecular formula is C35H31BrN2O6. The maximum absolute atomic E-state index is 13.6. The Morgan fingerprint density at radius 2 is 1.57 bits per heavy atom. The molecule has 0 radical (unpaired) electrons. The summed E-state index contributed by atoms with van der Waals surface area (Å²) in [7, 11) is 1.55. The molecule has 44 heavy (non-hydrogen) atoms. The first-order chi connectivity index (χ1) is 21.2. The number of Topliss-reactive ketones (excluding diaryl/α,β-unsaturated/α-hetero) is 1. The van der Waals surface area contributed by atoms with E-state index in [0.29, 0.717) is 39.2 Å². The van der Waals surface area contributed by atoms with E-state index in [4.69, 9.17) is 14.5 Å². The summed E-state index contributed by atoms with van der Waals surface area (Å²) in [5.74, 6) is -1.08. The molecule has 2 amide bonds. The van der Waals surface area contributed by atoms with Gasteiger partial charge in [-0.15, -0.1) is 0 Å². The zero-order valence-corrected chi connectivity index (χ0v) is 26.2. The van der Waals surface area contributed by atoms with Gasteiger partial charge in [0, 0.05) is 21.0 Å². The number of nitrogens with zero attached hydrogens (tertiary/aromatic N) is 2. The van der Waals surface area contributed by atoms with Crippen LogP contribution in [0.25, 0.3) is 22.2 Å². The number of esters is 1. The van der Waals surface area contributed by atoms with Gasteiger partial charge in [0.15, 0.2) is 6.10 Å². The Hall–Kier alpha value is -4.37. The number of aromatic nitrogens is 1. The lowest BCUT2D eigenvalue weighted by molar-refractivity contribution is -0.122. The van der Waals surface area contributed by atoms with E-state index >= 15 is 0 Å². The number of carbonyl (C=O) groups excluding carboxylic acids is 4. The second-order valence-electron chi connectivity index (χ2n) is 11.4. The molecular weight excluding hydrogens is 624 g/mol. The van der Waals surface area contributed by atoms with Crippen LogP contribution in [0.4, 0.5) is 5.69 Å². The molecule has 2 heterocycles. The van der Waals surface area contributed by atoms with E-state index in [1.807, 2.05) is 13.0 Å². The van der Waals surface area contributed by atoms with E-state index in [9.17, 15) is 19.2 Å². The predicted octanol–water partition coefficient (Wildman–Crippen LogP) is 7.09. The molecule has 1 aromatic heterocycles. The highest BCUT2D eigenvalue weighted by atomic mass is 79.9. The molecule has 6 rings (SSSR count). The van der Waals surface area contributed by atoms with Crippen LogP contribution in [0.5, 0.6) is 5.75 Å². The summed E-state index contributed by atoms with van der Waals surface area (Å²) in [5.41, 5.74) is 3.88. The van der Waals surface area contributed by atoms with Gasteiger partial charge in [-0.05, 0) is 86.8 Å². The van der Waals surface area contributed by atoms with Crippen molar-refractivity contribution in [3.05, 3.63) is 87.9 Å². The second kappa shape index (κ2) is 12.0. The van der Waals surface area contributed by atoms with E-state index in [-0.39, 0.29) is 35.0 Å². The van der Waals surface area contributed by atoms with Crippen LogP contribution < -0.4 is 9.64 Å². The molecule has 4 aromatic rings. The van der Waals surface area contributed by atoms with Gasteiger partial charge in [-0.2, -0.15) is 0 Å². The highest BCUT2D eigenvalue weighted by Gasteiger charge is 2.48. The topological polar surface area (TPSA) is 103 Å². The number of amides is 2. The predicted molar refractivity (Wildman–Crippen MR) is 170 cm³/mol. The lowest BCUT2D eigenvalue weighted by Gasteiger charge is -2.19. The van der Waals surface area contributed by atoms with Crippen molar-refractivity contribution in [1.29, 1.82) is 0 Å². The number of methoxy groups -OCH3 is 1. The minimum Gasteiger partial charge on any atom is -0.497 e. The van der Waals surface area contributed by atoms with E-state index in [1.54, 1.807) is 74.7 Å². The maximum Gasteiger partial charge on any atom is 0.339 e. The van der Waals surface area contributed by atoms with Crippen molar-refractivity contribution < 1.29 is 28.7 Å². The number of hydrogen-bond donors (Lipinski definition) is 0. The quantitative estimate of drug-likeness (QED) is 0.119. The highest BCUT2D eigenvalue weighted by molar-refractivity contribution is 9.10. The molecule has 2 fully saturated rings. The summed E-state index contributed by atoms with van der Waals surface area (Å²) in [6, 6.07) is 19.1. The summed E-state index contributed by atoms with van der Waals surface area (Å²) in [6.07, 6.45) is 2.41. The van der Waals surface area contributed by atoms with Gasteiger partial charge in [-0.25, -0.2) is 9.78 Å². The number of ketones is 1. The number of fused-ring (bicyclic) bond motifs is 2. The van der Waals surface area contributed by atoms with Crippen molar-refractivity contribution in [2.75, 3.05) is 12.0 Å². The number of halogens is 1. The van der Waals surface area contributed by atoms with Gasteiger partial charge in [-0.3, -0.25) is 19.3 Å². The fraction of sp³-hybridized carbons (Fsp3) is 0.286. The monoisotopic (exact) mass is 654 g/mol. The Labute approximate surface area is 263 Å². The molecule has 1 aliphatic carbocycles. The molecule has 0 bridgehead atoms. The van der Waals surface area contributed by atoms with E-state index < -0.39 is 12.1 Å². The smallest absolute Gasteiger partial charge is 0.339 e. The van der Waals surface area contributed by atoms with Gasteiger partial charge in [0.25, 0.3) is 0 Å². The molecule has 3 atom stereocenters. The summed E-state index contributed by atoms with van der Waals surface area (Å²) >= 11 is 3.51. The fourth-order valence-corrected chi connectivity index (χ4v) is 6.81.